The fourth-order valence-electron chi connectivity index (χ4n) is 1.96. The summed E-state index contributed by atoms with van der Waals surface area (Å²) >= 11 is 0. The number of ether oxygens (including phenoxy) is 1. The molecule has 0 bridgehead atoms. The fraction of sp³-hybridized carbons (Fsp3) is 0.0714. The summed E-state index contributed by atoms with van der Waals surface area (Å²) in [7, 11) is 0. The van der Waals surface area contributed by atoms with Crippen molar-refractivity contribution in [3.63, 3.8) is 0 Å². The van der Waals surface area contributed by atoms with E-state index in [0.29, 0.717) is 11.3 Å². The summed E-state index contributed by atoms with van der Waals surface area (Å²) in [5.41, 5.74) is 1.28. The Kier molecular flexibility index (Phi) is 2.48. The first-order chi connectivity index (χ1) is 8.74. The van der Waals surface area contributed by atoms with Gasteiger partial charge in [-0.1, -0.05) is 24.3 Å². The predicted octanol–water partition coefficient (Wildman–Crippen LogP) is 2.90. The Morgan fingerprint density at radius 1 is 1.11 bits per heavy atom. The molecular weight excluding hydrogens is 233 g/mol. The third-order valence-corrected chi connectivity index (χ3v) is 2.82. The van der Waals surface area contributed by atoms with E-state index in [4.69, 9.17) is 4.74 Å². The lowest BCUT2D eigenvalue weighted by Crippen LogP contribution is -2.29. The van der Waals surface area contributed by atoms with Gasteiger partial charge in [-0.25, -0.2) is 9.18 Å². The lowest BCUT2D eigenvalue weighted by Gasteiger charge is -2.25. The molecule has 18 heavy (non-hydrogen) atoms. The average molecular weight is 243 g/mol. The van der Waals surface area contributed by atoms with Crippen molar-refractivity contribution >= 4 is 11.7 Å². The number of carbonyl (C=O) groups is 1. The number of benzene rings is 2. The van der Waals surface area contributed by atoms with Crippen molar-refractivity contribution in [1.29, 1.82) is 0 Å². The van der Waals surface area contributed by atoms with Crippen LogP contribution in [-0.2, 0) is 4.79 Å². The second-order valence-corrected chi connectivity index (χ2v) is 4.05. The Hall–Kier alpha value is -2.36. The predicted molar refractivity (Wildman–Crippen MR) is 64.8 cm³/mol. The Morgan fingerprint density at radius 3 is 2.78 bits per heavy atom. The minimum atomic E-state index is -0.671. The van der Waals surface area contributed by atoms with Gasteiger partial charge < -0.3 is 10.1 Å². The zero-order chi connectivity index (χ0) is 12.5. The topological polar surface area (TPSA) is 38.3 Å². The summed E-state index contributed by atoms with van der Waals surface area (Å²) in [6, 6.07) is 12.4. The number of nitrogens with one attached hydrogen (secondary N) is 1. The molecule has 0 saturated carbocycles. The Labute approximate surface area is 103 Å². The number of carbonyl (C=O) groups excluding carboxylic acids is 1. The largest absolute Gasteiger partial charge is 0.423 e. The van der Waals surface area contributed by atoms with Gasteiger partial charge in [-0.15, -0.1) is 0 Å². The Morgan fingerprint density at radius 2 is 1.94 bits per heavy atom. The monoisotopic (exact) mass is 243 g/mol. The normalized spacial score (nSPS) is 17.6. The van der Waals surface area contributed by atoms with Crippen LogP contribution in [0.25, 0.3) is 0 Å². The fourth-order valence-corrected chi connectivity index (χ4v) is 1.96. The van der Waals surface area contributed by atoms with Crippen LogP contribution in [0.15, 0.2) is 48.5 Å². The van der Waals surface area contributed by atoms with E-state index in [2.05, 4.69) is 5.32 Å². The highest BCUT2D eigenvalue weighted by Gasteiger charge is 2.28. The average Bonchev–Trinajstić information content (AvgIpc) is 2.38. The van der Waals surface area contributed by atoms with Crippen LogP contribution in [0.4, 0.5) is 10.1 Å². The molecular formula is C14H10FNO2. The summed E-state index contributed by atoms with van der Waals surface area (Å²) in [5.74, 6) is -0.310. The number of hydrogen-bond acceptors (Lipinski definition) is 3. The van der Waals surface area contributed by atoms with Crippen LogP contribution >= 0.6 is 0 Å². The second-order valence-electron chi connectivity index (χ2n) is 4.05. The highest BCUT2D eigenvalue weighted by molar-refractivity contribution is 5.87. The summed E-state index contributed by atoms with van der Waals surface area (Å²) in [5, 5.41) is 3.05. The molecule has 2 aromatic rings. The molecule has 3 nitrogen and oxygen atoms in total. The molecule has 90 valence electrons. The lowest BCUT2D eigenvalue weighted by atomic mass is 10.1. The zero-order valence-corrected chi connectivity index (χ0v) is 9.39. The standard InChI is InChI=1S/C14H10FNO2/c15-10-5-3-4-9(8-10)13-14(17)18-12-7-2-1-6-11(12)16-13/h1-8,13,16H/t13-/m0/s1. The van der Waals surface area contributed by atoms with Gasteiger partial charge in [0.05, 0.1) is 5.69 Å². The van der Waals surface area contributed by atoms with E-state index < -0.39 is 12.0 Å². The van der Waals surface area contributed by atoms with Gasteiger partial charge in [0.2, 0.25) is 0 Å². The van der Waals surface area contributed by atoms with Crippen molar-refractivity contribution in [3.8, 4) is 5.75 Å². The quantitative estimate of drug-likeness (QED) is 0.618. The molecule has 1 aliphatic rings. The maximum Gasteiger partial charge on any atom is 0.338 e. The second kappa shape index (κ2) is 4.14. The van der Waals surface area contributed by atoms with E-state index >= 15 is 0 Å². The number of anilines is 1. The number of fused-ring (bicyclic) bond motifs is 1. The van der Waals surface area contributed by atoms with Crippen LogP contribution < -0.4 is 10.1 Å². The van der Waals surface area contributed by atoms with E-state index in [1.165, 1.54) is 12.1 Å². The van der Waals surface area contributed by atoms with Gasteiger partial charge in [0, 0.05) is 0 Å². The Balaban J connectivity index is 1.98. The molecule has 1 heterocycles. The van der Waals surface area contributed by atoms with Gasteiger partial charge in [0.1, 0.15) is 5.82 Å². The molecule has 1 atom stereocenters. The molecule has 0 fully saturated rings. The first-order valence-electron chi connectivity index (χ1n) is 5.57. The third-order valence-electron chi connectivity index (χ3n) is 2.82. The molecule has 2 aromatic carbocycles. The number of hydrogen-bond donors (Lipinski definition) is 1. The van der Waals surface area contributed by atoms with Crippen LogP contribution in [0.1, 0.15) is 11.6 Å². The van der Waals surface area contributed by atoms with Crippen molar-refractivity contribution in [2.24, 2.45) is 0 Å². The molecule has 0 spiro atoms. The Bertz CT molecular complexity index is 612. The molecule has 0 aromatic heterocycles. The van der Waals surface area contributed by atoms with Crippen molar-refractivity contribution in [3.05, 3.63) is 59.9 Å². The van der Waals surface area contributed by atoms with E-state index in [0.717, 1.165) is 5.69 Å². The number of halogens is 1. The molecule has 1 aliphatic heterocycles. The summed E-state index contributed by atoms with van der Waals surface area (Å²) in [6.45, 7) is 0. The van der Waals surface area contributed by atoms with Crippen molar-refractivity contribution in [1.82, 2.24) is 0 Å². The molecule has 0 radical (unpaired) electrons. The molecule has 0 aliphatic carbocycles. The van der Waals surface area contributed by atoms with Gasteiger partial charge >= 0.3 is 5.97 Å². The molecule has 0 saturated heterocycles. The number of para-hydroxylation sites is 2. The summed E-state index contributed by atoms with van der Waals surface area (Å²) < 4.78 is 18.4. The van der Waals surface area contributed by atoms with Crippen LogP contribution in [0.3, 0.4) is 0 Å². The lowest BCUT2D eigenvalue weighted by molar-refractivity contribution is -0.136. The third kappa shape index (κ3) is 1.82. The number of rotatable bonds is 1. The van der Waals surface area contributed by atoms with Crippen LogP contribution in [0.2, 0.25) is 0 Å². The first kappa shape index (κ1) is 10.8. The van der Waals surface area contributed by atoms with Gasteiger partial charge in [-0.05, 0) is 29.8 Å². The van der Waals surface area contributed by atoms with E-state index in [9.17, 15) is 9.18 Å². The van der Waals surface area contributed by atoms with Gasteiger partial charge in [-0.3, -0.25) is 0 Å². The highest BCUT2D eigenvalue weighted by Crippen LogP contribution is 2.34. The first-order valence-corrected chi connectivity index (χ1v) is 5.57. The van der Waals surface area contributed by atoms with Crippen molar-refractivity contribution in [2.45, 2.75) is 6.04 Å². The number of esters is 1. The molecule has 4 heteroatoms. The smallest absolute Gasteiger partial charge is 0.338 e. The van der Waals surface area contributed by atoms with Crippen LogP contribution in [0, 0.1) is 5.82 Å². The van der Waals surface area contributed by atoms with Crippen molar-refractivity contribution in [2.75, 3.05) is 5.32 Å². The maximum absolute atomic E-state index is 13.2. The zero-order valence-electron chi connectivity index (χ0n) is 9.39. The van der Waals surface area contributed by atoms with Crippen molar-refractivity contribution < 1.29 is 13.9 Å². The SMILES string of the molecule is O=C1Oc2ccccc2N[C@H]1c1cccc(F)c1. The van der Waals surface area contributed by atoms with Crippen LogP contribution in [0.5, 0.6) is 5.75 Å². The van der Waals surface area contributed by atoms with Gasteiger partial charge in [-0.2, -0.15) is 0 Å². The maximum atomic E-state index is 13.2. The molecule has 1 N–H and O–H groups in total. The summed E-state index contributed by atoms with van der Waals surface area (Å²) in [4.78, 5) is 11.9. The molecule has 3 rings (SSSR count). The van der Waals surface area contributed by atoms with E-state index in [1.807, 2.05) is 12.1 Å². The van der Waals surface area contributed by atoms with E-state index in [-0.39, 0.29) is 5.82 Å². The van der Waals surface area contributed by atoms with Gasteiger partial charge in [0.25, 0.3) is 0 Å². The van der Waals surface area contributed by atoms with Crippen LogP contribution in [-0.4, -0.2) is 5.97 Å². The summed E-state index contributed by atoms with van der Waals surface area (Å²) in [6.07, 6.45) is 0. The van der Waals surface area contributed by atoms with Gasteiger partial charge in [0.15, 0.2) is 11.8 Å². The molecule has 0 amide bonds. The highest BCUT2D eigenvalue weighted by atomic mass is 19.1. The molecule has 0 unspecified atom stereocenters. The van der Waals surface area contributed by atoms with E-state index in [1.54, 1.807) is 24.3 Å². The minimum absolute atomic E-state index is 0.374. The minimum Gasteiger partial charge on any atom is -0.423 e.